The number of aromatic nitrogens is 3. The molecule has 20 heavy (non-hydrogen) atoms. The third-order valence-corrected chi connectivity index (χ3v) is 2.71. The van der Waals surface area contributed by atoms with Crippen molar-refractivity contribution in [3.63, 3.8) is 0 Å². The maximum atomic E-state index is 11.0. The summed E-state index contributed by atoms with van der Waals surface area (Å²) in [6.45, 7) is 1.76. The minimum atomic E-state index is -0.930. The molecule has 8 nitrogen and oxygen atoms in total. The van der Waals surface area contributed by atoms with E-state index in [1.54, 1.807) is 19.1 Å². The first-order valence-electron chi connectivity index (χ1n) is 5.86. The number of aryl methyl sites for hydroxylation is 2. The van der Waals surface area contributed by atoms with E-state index in [0.717, 1.165) is 5.56 Å². The van der Waals surface area contributed by atoms with Gasteiger partial charge in [0.25, 0.3) is 5.69 Å². The lowest BCUT2D eigenvalue weighted by Crippen LogP contribution is -2.01. The molecule has 0 aliphatic rings. The predicted octanol–water partition coefficient (Wildman–Crippen LogP) is 1.50. The fourth-order valence-corrected chi connectivity index (χ4v) is 1.74. The summed E-state index contributed by atoms with van der Waals surface area (Å²) >= 11 is 0. The SMILES string of the molecule is Cc1ccc(-n2cc(CCC(=O)O)nn2)c([N+](=O)[O-])c1. The highest BCUT2D eigenvalue weighted by molar-refractivity contribution is 5.66. The molecule has 0 fully saturated rings. The third kappa shape index (κ3) is 2.97. The van der Waals surface area contributed by atoms with Gasteiger partial charge in [-0.2, -0.15) is 0 Å². The molecule has 0 amide bonds. The Kier molecular flexibility index (Phi) is 3.74. The van der Waals surface area contributed by atoms with Gasteiger partial charge in [0, 0.05) is 12.5 Å². The maximum Gasteiger partial charge on any atom is 0.303 e. The summed E-state index contributed by atoms with van der Waals surface area (Å²) in [5.74, 6) is -0.930. The number of carbonyl (C=O) groups is 1. The molecular weight excluding hydrogens is 264 g/mol. The van der Waals surface area contributed by atoms with Gasteiger partial charge in [-0.1, -0.05) is 11.3 Å². The van der Waals surface area contributed by atoms with Crippen molar-refractivity contribution < 1.29 is 14.8 Å². The minimum Gasteiger partial charge on any atom is -0.481 e. The van der Waals surface area contributed by atoms with E-state index in [1.165, 1.54) is 16.9 Å². The highest BCUT2D eigenvalue weighted by Gasteiger charge is 2.17. The van der Waals surface area contributed by atoms with E-state index in [9.17, 15) is 14.9 Å². The summed E-state index contributed by atoms with van der Waals surface area (Å²) in [4.78, 5) is 21.0. The first-order chi connectivity index (χ1) is 9.47. The first kappa shape index (κ1) is 13.7. The number of nitro groups is 1. The first-order valence-corrected chi connectivity index (χ1v) is 5.86. The lowest BCUT2D eigenvalue weighted by molar-refractivity contribution is -0.384. The zero-order valence-corrected chi connectivity index (χ0v) is 10.7. The normalized spacial score (nSPS) is 10.4. The number of nitrogens with zero attached hydrogens (tertiary/aromatic N) is 4. The monoisotopic (exact) mass is 276 g/mol. The Labute approximate surface area is 113 Å². The molecule has 0 unspecified atom stereocenters. The summed E-state index contributed by atoms with van der Waals surface area (Å²) in [6.07, 6.45) is 1.67. The molecule has 1 heterocycles. The van der Waals surface area contributed by atoms with Crippen molar-refractivity contribution >= 4 is 11.7 Å². The molecule has 0 bridgehead atoms. The van der Waals surface area contributed by atoms with Crippen LogP contribution in [0.25, 0.3) is 5.69 Å². The van der Waals surface area contributed by atoms with Crippen LogP contribution in [0.4, 0.5) is 5.69 Å². The number of hydrogen-bond donors (Lipinski definition) is 1. The van der Waals surface area contributed by atoms with Crippen molar-refractivity contribution in [1.29, 1.82) is 0 Å². The molecule has 0 saturated carbocycles. The van der Waals surface area contributed by atoms with Gasteiger partial charge in [0.2, 0.25) is 0 Å². The van der Waals surface area contributed by atoms with Crippen LogP contribution in [0.5, 0.6) is 0 Å². The van der Waals surface area contributed by atoms with Crippen LogP contribution in [0.2, 0.25) is 0 Å². The highest BCUT2D eigenvalue weighted by atomic mass is 16.6. The van der Waals surface area contributed by atoms with E-state index in [2.05, 4.69) is 10.3 Å². The molecule has 0 aliphatic carbocycles. The topological polar surface area (TPSA) is 111 Å². The molecule has 1 aromatic carbocycles. The van der Waals surface area contributed by atoms with E-state index in [0.29, 0.717) is 11.4 Å². The van der Waals surface area contributed by atoms with Crippen LogP contribution in [0.3, 0.4) is 0 Å². The summed E-state index contributed by atoms with van der Waals surface area (Å²) < 4.78 is 1.29. The third-order valence-electron chi connectivity index (χ3n) is 2.71. The summed E-state index contributed by atoms with van der Waals surface area (Å²) in [6, 6.07) is 4.78. The Balaban J connectivity index is 2.32. The molecule has 2 aromatic rings. The van der Waals surface area contributed by atoms with Crippen LogP contribution in [0.1, 0.15) is 17.7 Å². The fraction of sp³-hybridized carbons (Fsp3) is 0.250. The number of carboxylic acid groups (broad SMARTS) is 1. The van der Waals surface area contributed by atoms with E-state index >= 15 is 0 Å². The zero-order valence-electron chi connectivity index (χ0n) is 10.7. The van der Waals surface area contributed by atoms with Gasteiger partial charge in [0.15, 0.2) is 0 Å². The van der Waals surface area contributed by atoms with Crippen LogP contribution in [0.15, 0.2) is 24.4 Å². The average molecular weight is 276 g/mol. The number of benzene rings is 1. The van der Waals surface area contributed by atoms with Gasteiger partial charge < -0.3 is 5.11 Å². The van der Waals surface area contributed by atoms with Crippen molar-refractivity contribution in [2.45, 2.75) is 19.8 Å². The molecule has 2 rings (SSSR count). The summed E-state index contributed by atoms with van der Waals surface area (Å²) in [5.41, 5.74) is 1.48. The summed E-state index contributed by atoms with van der Waals surface area (Å²) in [7, 11) is 0. The van der Waals surface area contributed by atoms with Gasteiger partial charge in [-0.25, -0.2) is 4.68 Å². The highest BCUT2D eigenvalue weighted by Crippen LogP contribution is 2.23. The molecule has 0 atom stereocenters. The number of nitro benzene ring substituents is 1. The van der Waals surface area contributed by atoms with Crippen LogP contribution in [-0.2, 0) is 11.2 Å². The molecule has 8 heteroatoms. The standard InChI is InChI=1S/C12H12N4O4/c1-8-2-4-10(11(6-8)16(19)20)15-7-9(13-14-15)3-5-12(17)18/h2,4,6-7H,3,5H2,1H3,(H,17,18). The molecular formula is C12H12N4O4. The van der Waals surface area contributed by atoms with Gasteiger partial charge in [0.1, 0.15) is 5.69 Å². The van der Waals surface area contributed by atoms with Crippen molar-refractivity contribution in [2.24, 2.45) is 0 Å². The molecule has 0 spiro atoms. The van der Waals surface area contributed by atoms with E-state index in [1.807, 2.05) is 0 Å². The number of carboxylic acids is 1. The second-order valence-electron chi connectivity index (χ2n) is 4.30. The van der Waals surface area contributed by atoms with Crippen molar-refractivity contribution in [3.05, 3.63) is 45.8 Å². The summed E-state index contributed by atoms with van der Waals surface area (Å²) in [5, 5.41) is 27.3. The number of rotatable bonds is 5. The Bertz CT molecular complexity index is 665. The molecule has 0 radical (unpaired) electrons. The van der Waals surface area contributed by atoms with E-state index < -0.39 is 10.9 Å². The zero-order chi connectivity index (χ0) is 14.7. The molecule has 1 N–H and O–H groups in total. The van der Waals surface area contributed by atoms with Gasteiger partial charge in [0.05, 0.1) is 23.2 Å². The fourth-order valence-electron chi connectivity index (χ4n) is 1.74. The Morgan fingerprint density at radius 2 is 2.25 bits per heavy atom. The number of aliphatic carboxylic acids is 1. The number of hydrogen-bond acceptors (Lipinski definition) is 5. The maximum absolute atomic E-state index is 11.0. The van der Waals surface area contributed by atoms with Crippen LogP contribution in [0, 0.1) is 17.0 Å². The van der Waals surface area contributed by atoms with Crippen molar-refractivity contribution in [1.82, 2.24) is 15.0 Å². The van der Waals surface area contributed by atoms with Gasteiger partial charge in [-0.3, -0.25) is 14.9 Å². The second-order valence-corrected chi connectivity index (χ2v) is 4.30. The Morgan fingerprint density at radius 1 is 1.50 bits per heavy atom. The van der Waals surface area contributed by atoms with Crippen LogP contribution >= 0.6 is 0 Å². The van der Waals surface area contributed by atoms with Crippen LogP contribution < -0.4 is 0 Å². The van der Waals surface area contributed by atoms with Crippen LogP contribution in [-0.4, -0.2) is 31.0 Å². The average Bonchev–Trinajstić information content (AvgIpc) is 2.84. The Hall–Kier alpha value is -2.77. The second kappa shape index (κ2) is 5.47. The lowest BCUT2D eigenvalue weighted by atomic mass is 10.2. The quantitative estimate of drug-likeness (QED) is 0.654. The molecule has 104 valence electrons. The van der Waals surface area contributed by atoms with Gasteiger partial charge in [-0.05, 0) is 18.6 Å². The van der Waals surface area contributed by atoms with Crippen molar-refractivity contribution in [3.8, 4) is 5.69 Å². The largest absolute Gasteiger partial charge is 0.481 e. The van der Waals surface area contributed by atoms with E-state index in [-0.39, 0.29) is 18.5 Å². The van der Waals surface area contributed by atoms with E-state index in [4.69, 9.17) is 5.11 Å². The smallest absolute Gasteiger partial charge is 0.303 e. The van der Waals surface area contributed by atoms with Crippen molar-refractivity contribution in [2.75, 3.05) is 0 Å². The van der Waals surface area contributed by atoms with Gasteiger partial charge >= 0.3 is 5.97 Å². The minimum absolute atomic E-state index is 0.0608. The lowest BCUT2D eigenvalue weighted by Gasteiger charge is -2.02. The molecule has 1 aromatic heterocycles. The van der Waals surface area contributed by atoms with Gasteiger partial charge in [-0.15, -0.1) is 5.10 Å². The molecule has 0 saturated heterocycles. The predicted molar refractivity (Wildman–Crippen MR) is 68.7 cm³/mol. The Morgan fingerprint density at radius 3 is 2.90 bits per heavy atom. The molecule has 0 aliphatic heterocycles.